The lowest BCUT2D eigenvalue weighted by Gasteiger charge is -2.15. The van der Waals surface area contributed by atoms with Crippen molar-refractivity contribution in [3.05, 3.63) is 0 Å². The number of carbonyl (C=O) groups excluding carboxylic acids is 1. The lowest BCUT2D eigenvalue weighted by Crippen LogP contribution is -2.44. The van der Waals surface area contributed by atoms with E-state index in [0.717, 1.165) is 12.8 Å². The molecule has 1 fully saturated rings. The summed E-state index contributed by atoms with van der Waals surface area (Å²) in [4.78, 5) is 11.4. The third-order valence-electron chi connectivity index (χ3n) is 2.53. The van der Waals surface area contributed by atoms with E-state index in [2.05, 4.69) is 10.6 Å². The highest BCUT2D eigenvalue weighted by atomic mass is 16.2. The van der Waals surface area contributed by atoms with E-state index in [-0.39, 0.29) is 11.9 Å². The van der Waals surface area contributed by atoms with E-state index >= 15 is 0 Å². The van der Waals surface area contributed by atoms with Gasteiger partial charge in [-0.1, -0.05) is 12.8 Å². The van der Waals surface area contributed by atoms with Gasteiger partial charge in [0.2, 0.25) is 5.91 Å². The molecule has 1 atom stereocenters. The van der Waals surface area contributed by atoms with Crippen LogP contribution < -0.4 is 10.6 Å². The van der Waals surface area contributed by atoms with Crippen molar-refractivity contribution in [2.24, 2.45) is 0 Å². The molecule has 1 aliphatic carbocycles. The van der Waals surface area contributed by atoms with Gasteiger partial charge in [0.25, 0.3) is 0 Å². The van der Waals surface area contributed by atoms with Crippen LogP contribution in [-0.4, -0.2) is 25.0 Å². The Hall–Kier alpha value is -0.570. The first kappa shape index (κ1) is 9.52. The van der Waals surface area contributed by atoms with Crippen LogP contribution in [0.5, 0.6) is 0 Å². The van der Waals surface area contributed by atoms with Crippen LogP contribution in [0.2, 0.25) is 0 Å². The molecule has 2 N–H and O–H groups in total. The van der Waals surface area contributed by atoms with Crippen LogP contribution in [0, 0.1) is 0 Å². The Bertz CT molecular complexity index is 153. The minimum Gasteiger partial charge on any atom is -0.352 e. The molecule has 0 aromatic carbocycles. The van der Waals surface area contributed by atoms with Gasteiger partial charge in [-0.25, -0.2) is 0 Å². The summed E-state index contributed by atoms with van der Waals surface area (Å²) in [5, 5.41) is 5.95. The zero-order chi connectivity index (χ0) is 8.97. The zero-order valence-electron chi connectivity index (χ0n) is 7.89. The summed E-state index contributed by atoms with van der Waals surface area (Å²) in [5.41, 5.74) is 0. The Morgan fingerprint density at radius 3 is 2.50 bits per heavy atom. The topological polar surface area (TPSA) is 41.1 Å². The summed E-state index contributed by atoms with van der Waals surface area (Å²) in [7, 11) is 1.80. The molecule has 12 heavy (non-hydrogen) atoms. The van der Waals surface area contributed by atoms with Gasteiger partial charge in [-0.05, 0) is 26.8 Å². The van der Waals surface area contributed by atoms with E-state index in [9.17, 15) is 4.79 Å². The van der Waals surface area contributed by atoms with Crippen LogP contribution >= 0.6 is 0 Å². The Kier molecular flexibility index (Phi) is 3.53. The first-order valence-electron chi connectivity index (χ1n) is 4.71. The van der Waals surface area contributed by atoms with Gasteiger partial charge in [0, 0.05) is 6.04 Å². The second-order valence-electron chi connectivity index (χ2n) is 3.50. The van der Waals surface area contributed by atoms with Gasteiger partial charge in [-0.3, -0.25) is 4.79 Å². The molecule has 0 saturated heterocycles. The largest absolute Gasteiger partial charge is 0.352 e. The average Bonchev–Trinajstić information content (AvgIpc) is 2.55. The molecule has 1 aliphatic rings. The summed E-state index contributed by atoms with van der Waals surface area (Å²) in [6.07, 6.45) is 4.84. The van der Waals surface area contributed by atoms with Gasteiger partial charge in [0.05, 0.1) is 6.04 Å². The molecule has 70 valence electrons. The summed E-state index contributed by atoms with van der Waals surface area (Å²) in [6, 6.07) is 0.374. The molecule has 1 amide bonds. The Morgan fingerprint density at radius 1 is 1.42 bits per heavy atom. The quantitative estimate of drug-likeness (QED) is 0.653. The van der Waals surface area contributed by atoms with E-state index < -0.39 is 0 Å². The van der Waals surface area contributed by atoms with E-state index in [4.69, 9.17) is 0 Å². The van der Waals surface area contributed by atoms with Gasteiger partial charge in [-0.2, -0.15) is 0 Å². The van der Waals surface area contributed by atoms with Crippen molar-refractivity contribution < 1.29 is 4.79 Å². The standard InChI is InChI=1S/C9H18N2O/c1-7(10-2)9(12)11-8-5-3-4-6-8/h7-8,10H,3-6H2,1-2H3,(H,11,12)/t7-/m0/s1. The van der Waals surface area contributed by atoms with Gasteiger partial charge in [-0.15, -0.1) is 0 Å². The van der Waals surface area contributed by atoms with Crippen LogP contribution in [-0.2, 0) is 4.79 Å². The monoisotopic (exact) mass is 170 g/mol. The Labute approximate surface area is 73.9 Å². The lowest BCUT2D eigenvalue weighted by molar-refractivity contribution is -0.123. The van der Waals surface area contributed by atoms with Crippen molar-refractivity contribution >= 4 is 5.91 Å². The van der Waals surface area contributed by atoms with Crippen molar-refractivity contribution in [1.29, 1.82) is 0 Å². The summed E-state index contributed by atoms with van der Waals surface area (Å²) in [6.45, 7) is 1.88. The van der Waals surface area contributed by atoms with Gasteiger partial charge >= 0.3 is 0 Å². The third kappa shape index (κ3) is 2.48. The predicted molar refractivity (Wildman–Crippen MR) is 48.9 cm³/mol. The van der Waals surface area contributed by atoms with Gasteiger partial charge in [0.1, 0.15) is 0 Å². The summed E-state index contributed by atoms with van der Waals surface area (Å²) < 4.78 is 0. The van der Waals surface area contributed by atoms with Gasteiger partial charge < -0.3 is 10.6 Å². The molecular formula is C9H18N2O. The normalized spacial score (nSPS) is 20.8. The van der Waals surface area contributed by atoms with Crippen molar-refractivity contribution in [2.45, 2.75) is 44.7 Å². The number of rotatable bonds is 3. The molecule has 0 aliphatic heterocycles. The summed E-state index contributed by atoms with van der Waals surface area (Å²) >= 11 is 0. The second kappa shape index (κ2) is 4.45. The fraction of sp³-hybridized carbons (Fsp3) is 0.889. The lowest BCUT2D eigenvalue weighted by atomic mass is 10.2. The van der Waals surface area contributed by atoms with Crippen LogP contribution in [0.1, 0.15) is 32.6 Å². The fourth-order valence-electron chi connectivity index (χ4n) is 1.53. The molecule has 0 aromatic rings. The predicted octanol–water partition coefficient (Wildman–Crippen LogP) is 0.653. The minimum atomic E-state index is -0.0643. The average molecular weight is 170 g/mol. The van der Waals surface area contributed by atoms with Crippen LogP contribution in [0.3, 0.4) is 0 Å². The number of carbonyl (C=O) groups is 1. The molecule has 0 unspecified atom stereocenters. The summed E-state index contributed by atoms with van der Waals surface area (Å²) in [5.74, 6) is 0.129. The molecule has 0 aromatic heterocycles. The smallest absolute Gasteiger partial charge is 0.237 e. The van der Waals surface area contributed by atoms with Gasteiger partial charge in [0.15, 0.2) is 0 Å². The maximum Gasteiger partial charge on any atom is 0.237 e. The van der Waals surface area contributed by atoms with E-state index in [1.165, 1.54) is 12.8 Å². The van der Waals surface area contributed by atoms with Crippen LogP contribution in [0.4, 0.5) is 0 Å². The number of amides is 1. The Balaban J connectivity index is 2.25. The molecule has 0 bridgehead atoms. The molecule has 0 spiro atoms. The maximum absolute atomic E-state index is 11.4. The number of hydrogen-bond donors (Lipinski definition) is 2. The molecular weight excluding hydrogens is 152 g/mol. The van der Waals surface area contributed by atoms with E-state index in [0.29, 0.717) is 6.04 Å². The maximum atomic E-state index is 11.4. The van der Waals surface area contributed by atoms with Crippen LogP contribution in [0.25, 0.3) is 0 Å². The molecule has 1 saturated carbocycles. The third-order valence-corrected chi connectivity index (χ3v) is 2.53. The number of hydrogen-bond acceptors (Lipinski definition) is 2. The highest BCUT2D eigenvalue weighted by Gasteiger charge is 2.19. The Morgan fingerprint density at radius 2 is 2.00 bits per heavy atom. The van der Waals surface area contributed by atoms with Crippen molar-refractivity contribution in [3.63, 3.8) is 0 Å². The van der Waals surface area contributed by atoms with Crippen molar-refractivity contribution in [1.82, 2.24) is 10.6 Å². The SMILES string of the molecule is CN[C@@H](C)C(=O)NC1CCCC1. The molecule has 1 rings (SSSR count). The molecule has 3 heteroatoms. The number of nitrogens with one attached hydrogen (secondary N) is 2. The van der Waals surface area contributed by atoms with Crippen LogP contribution in [0.15, 0.2) is 0 Å². The van der Waals surface area contributed by atoms with Crippen molar-refractivity contribution in [2.75, 3.05) is 7.05 Å². The molecule has 0 radical (unpaired) electrons. The highest BCUT2D eigenvalue weighted by Crippen LogP contribution is 2.17. The van der Waals surface area contributed by atoms with Crippen molar-refractivity contribution in [3.8, 4) is 0 Å². The fourth-order valence-corrected chi connectivity index (χ4v) is 1.53. The first-order valence-corrected chi connectivity index (χ1v) is 4.71. The molecule has 0 heterocycles. The van der Waals surface area contributed by atoms with E-state index in [1.807, 2.05) is 6.92 Å². The number of likely N-dealkylation sites (N-methyl/N-ethyl adjacent to an activating group) is 1. The minimum absolute atomic E-state index is 0.0643. The first-order chi connectivity index (χ1) is 5.74. The zero-order valence-corrected chi connectivity index (χ0v) is 7.89. The highest BCUT2D eigenvalue weighted by molar-refractivity contribution is 5.81. The second-order valence-corrected chi connectivity index (χ2v) is 3.50. The molecule has 3 nitrogen and oxygen atoms in total. The van der Waals surface area contributed by atoms with E-state index in [1.54, 1.807) is 7.05 Å².